The predicted molar refractivity (Wildman–Crippen MR) is 105 cm³/mol. The number of carbonyl (C=O) groups is 1. The van der Waals surface area contributed by atoms with Gasteiger partial charge in [-0.1, -0.05) is 30.3 Å². The minimum absolute atomic E-state index is 0.0103. The van der Waals surface area contributed by atoms with Gasteiger partial charge in [0, 0.05) is 24.9 Å². The van der Waals surface area contributed by atoms with Gasteiger partial charge in [-0.15, -0.1) is 0 Å². The summed E-state index contributed by atoms with van der Waals surface area (Å²) >= 11 is 5.26. The Hall–Kier alpha value is -2.44. The van der Waals surface area contributed by atoms with E-state index in [1.54, 1.807) is 19.2 Å². The first-order chi connectivity index (χ1) is 12.1. The standard InChI is InChI=1S/C19H23N3O2S/c1-14(21-19(25)20-11-12-24-2)16-9-6-10-17(13-16)22-18(23)15-7-4-3-5-8-15/h3-10,13-14H,11-12H2,1-2H3,(H,22,23)(H2,20,21,25). The van der Waals surface area contributed by atoms with Gasteiger partial charge >= 0.3 is 0 Å². The average Bonchev–Trinajstić information content (AvgIpc) is 2.63. The molecule has 0 aliphatic heterocycles. The molecule has 0 saturated carbocycles. The third-order valence-corrected chi connectivity index (χ3v) is 3.88. The lowest BCUT2D eigenvalue weighted by Crippen LogP contribution is -2.38. The molecule has 0 bridgehead atoms. The highest BCUT2D eigenvalue weighted by molar-refractivity contribution is 7.80. The van der Waals surface area contributed by atoms with Gasteiger partial charge < -0.3 is 20.7 Å². The third-order valence-electron chi connectivity index (χ3n) is 3.62. The number of carbonyl (C=O) groups excluding carboxylic acids is 1. The number of amides is 1. The van der Waals surface area contributed by atoms with Crippen LogP contribution >= 0.6 is 12.2 Å². The second-order valence-corrected chi connectivity index (χ2v) is 5.97. The number of hydrogen-bond acceptors (Lipinski definition) is 3. The van der Waals surface area contributed by atoms with Crippen LogP contribution in [0.15, 0.2) is 54.6 Å². The quantitative estimate of drug-likeness (QED) is 0.525. The predicted octanol–water partition coefficient (Wildman–Crippen LogP) is 3.11. The lowest BCUT2D eigenvalue weighted by Gasteiger charge is -2.18. The molecule has 1 atom stereocenters. The van der Waals surface area contributed by atoms with Crippen LogP contribution in [0.4, 0.5) is 5.69 Å². The van der Waals surface area contributed by atoms with Crippen LogP contribution in [0.25, 0.3) is 0 Å². The summed E-state index contributed by atoms with van der Waals surface area (Å²) in [6.45, 7) is 3.27. The molecule has 1 unspecified atom stereocenters. The van der Waals surface area contributed by atoms with Gasteiger partial charge in [0.1, 0.15) is 0 Å². The van der Waals surface area contributed by atoms with Gasteiger partial charge in [-0.3, -0.25) is 4.79 Å². The van der Waals surface area contributed by atoms with E-state index in [1.807, 2.05) is 49.4 Å². The van der Waals surface area contributed by atoms with E-state index in [-0.39, 0.29) is 11.9 Å². The summed E-state index contributed by atoms with van der Waals surface area (Å²) in [5, 5.41) is 9.79. The van der Waals surface area contributed by atoms with E-state index in [0.717, 1.165) is 11.3 Å². The van der Waals surface area contributed by atoms with E-state index in [4.69, 9.17) is 17.0 Å². The van der Waals surface area contributed by atoms with Crippen LogP contribution < -0.4 is 16.0 Å². The second kappa shape index (κ2) is 9.76. The largest absolute Gasteiger partial charge is 0.383 e. The molecule has 5 nitrogen and oxygen atoms in total. The fraction of sp³-hybridized carbons (Fsp3) is 0.263. The number of benzene rings is 2. The molecule has 2 aromatic carbocycles. The molecule has 0 saturated heterocycles. The molecule has 3 N–H and O–H groups in total. The Morgan fingerprint density at radius 2 is 1.92 bits per heavy atom. The van der Waals surface area contributed by atoms with Crippen molar-refractivity contribution < 1.29 is 9.53 Å². The van der Waals surface area contributed by atoms with Crippen molar-refractivity contribution in [2.45, 2.75) is 13.0 Å². The highest BCUT2D eigenvalue weighted by Gasteiger charge is 2.09. The van der Waals surface area contributed by atoms with Crippen molar-refractivity contribution in [2.75, 3.05) is 25.6 Å². The van der Waals surface area contributed by atoms with Crippen LogP contribution in [-0.4, -0.2) is 31.3 Å². The fourth-order valence-electron chi connectivity index (χ4n) is 2.28. The van der Waals surface area contributed by atoms with Crippen LogP contribution in [0, 0.1) is 0 Å². The van der Waals surface area contributed by atoms with Gasteiger partial charge in [0.05, 0.1) is 12.6 Å². The zero-order valence-corrected chi connectivity index (χ0v) is 15.2. The summed E-state index contributed by atoms with van der Waals surface area (Å²) in [4.78, 5) is 12.3. The van der Waals surface area contributed by atoms with E-state index in [1.165, 1.54) is 0 Å². The van der Waals surface area contributed by atoms with Gasteiger partial charge in [0.2, 0.25) is 0 Å². The van der Waals surface area contributed by atoms with Crippen molar-refractivity contribution in [1.82, 2.24) is 10.6 Å². The van der Waals surface area contributed by atoms with Crippen LogP contribution in [0.5, 0.6) is 0 Å². The summed E-state index contributed by atoms with van der Waals surface area (Å²) in [7, 11) is 1.65. The van der Waals surface area contributed by atoms with E-state index in [0.29, 0.717) is 23.8 Å². The van der Waals surface area contributed by atoms with Gasteiger partial charge in [-0.25, -0.2) is 0 Å². The Labute approximate surface area is 153 Å². The Morgan fingerprint density at radius 3 is 2.64 bits per heavy atom. The lowest BCUT2D eigenvalue weighted by atomic mass is 10.1. The van der Waals surface area contributed by atoms with E-state index in [9.17, 15) is 4.79 Å². The zero-order chi connectivity index (χ0) is 18.1. The monoisotopic (exact) mass is 357 g/mol. The highest BCUT2D eigenvalue weighted by atomic mass is 32.1. The van der Waals surface area contributed by atoms with Crippen LogP contribution in [0.3, 0.4) is 0 Å². The number of methoxy groups -OCH3 is 1. The molecule has 1 amide bonds. The molecule has 0 fully saturated rings. The average molecular weight is 357 g/mol. The van der Waals surface area contributed by atoms with Crippen molar-refractivity contribution >= 4 is 28.9 Å². The molecule has 0 aromatic heterocycles. The van der Waals surface area contributed by atoms with Crippen molar-refractivity contribution in [3.63, 3.8) is 0 Å². The first-order valence-corrected chi connectivity index (χ1v) is 8.50. The Bertz CT molecular complexity index is 707. The maximum Gasteiger partial charge on any atom is 0.255 e. The van der Waals surface area contributed by atoms with Gasteiger partial charge in [0.25, 0.3) is 5.91 Å². The minimum atomic E-state index is -0.130. The van der Waals surface area contributed by atoms with Crippen LogP contribution in [-0.2, 0) is 4.74 Å². The van der Waals surface area contributed by atoms with Crippen LogP contribution in [0.2, 0.25) is 0 Å². The minimum Gasteiger partial charge on any atom is -0.383 e. The van der Waals surface area contributed by atoms with Crippen molar-refractivity contribution in [3.05, 3.63) is 65.7 Å². The Morgan fingerprint density at radius 1 is 1.16 bits per heavy atom. The van der Waals surface area contributed by atoms with Crippen molar-refractivity contribution in [2.24, 2.45) is 0 Å². The van der Waals surface area contributed by atoms with E-state index < -0.39 is 0 Å². The molecule has 25 heavy (non-hydrogen) atoms. The summed E-state index contributed by atoms with van der Waals surface area (Å²) in [6.07, 6.45) is 0. The smallest absolute Gasteiger partial charge is 0.255 e. The molecule has 0 spiro atoms. The fourth-order valence-corrected chi connectivity index (χ4v) is 2.56. The highest BCUT2D eigenvalue weighted by Crippen LogP contribution is 2.18. The Balaban J connectivity index is 1.96. The summed E-state index contributed by atoms with van der Waals surface area (Å²) in [6, 6.07) is 16.9. The molecule has 2 aromatic rings. The first kappa shape index (κ1) is 18.9. The van der Waals surface area contributed by atoms with Gasteiger partial charge in [-0.05, 0) is 49.0 Å². The van der Waals surface area contributed by atoms with Crippen molar-refractivity contribution in [3.8, 4) is 0 Å². The van der Waals surface area contributed by atoms with Crippen LogP contribution in [0.1, 0.15) is 28.9 Å². The molecule has 0 aliphatic carbocycles. The first-order valence-electron chi connectivity index (χ1n) is 8.10. The molecule has 2 rings (SSSR count). The maximum atomic E-state index is 12.3. The lowest BCUT2D eigenvalue weighted by molar-refractivity contribution is 0.102. The summed E-state index contributed by atoms with van der Waals surface area (Å²) in [5.41, 5.74) is 2.41. The molecule has 132 valence electrons. The third kappa shape index (κ3) is 6.17. The molecule has 0 heterocycles. The van der Waals surface area contributed by atoms with Gasteiger partial charge in [0.15, 0.2) is 5.11 Å². The summed E-state index contributed by atoms with van der Waals surface area (Å²) < 4.78 is 4.98. The van der Waals surface area contributed by atoms with Crippen molar-refractivity contribution in [1.29, 1.82) is 0 Å². The number of thiocarbonyl (C=S) groups is 1. The summed E-state index contributed by atoms with van der Waals surface area (Å²) in [5.74, 6) is -0.130. The van der Waals surface area contributed by atoms with Gasteiger partial charge in [-0.2, -0.15) is 0 Å². The number of hydrogen-bond donors (Lipinski definition) is 3. The molecule has 0 aliphatic rings. The number of ether oxygens (including phenoxy) is 1. The molecular weight excluding hydrogens is 334 g/mol. The van der Waals surface area contributed by atoms with E-state index >= 15 is 0 Å². The SMILES string of the molecule is COCCNC(=S)NC(C)c1cccc(NC(=O)c2ccccc2)c1. The maximum absolute atomic E-state index is 12.3. The topological polar surface area (TPSA) is 62.4 Å². The molecular formula is C19H23N3O2S. The van der Waals surface area contributed by atoms with E-state index in [2.05, 4.69) is 16.0 Å². The molecule has 0 radical (unpaired) electrons. The number of rotatable bonds is 7. The molecule has 6 heteroatoms. The second-order valence-electron chi connectivity index (χ2n) is 5.56. The zero-order valence-electron chi connectivity index (χ0n) is 14.4. The number of anilines is 1. The number of nitrogens with one attached hydrogen (secondary N) is 3. The normalized spacial score (nSPS) is 11.4. The Kier molecular flexibility index (Phi) is 7.37.